The molecular weight excluding hydrogens is 243 g/mol. The van der Waals surface area contributed by atoms with Crippen LogP contribution in [0.25, 0.3) is 5.69 Å². The molecular formula is C12H12Cl2N2. The normalized spacial score (nSPS) is 10.8. The molecule has 0 saturated carbocycles. The first-order valence-electron chi connectivity index (χ1n) is 4.99. The van der Waals surface area contributed by atoms with Crippen molar-refractivity contribution in [3.05, 3.63) is 46.2 Å². The van der Waals surface area contributed by atoms with Gasteiger partial charge in [-0.3, -0.25) is 0 Å². The van der Waals surface area contributed by atoms with E-state index in [1.54, 1.807) is 4.68 Å². The molecule has 0 aliphatic carbocycles. The van der Waals surface area contributed by atoms with E-state index in [2.05, 4.69) is 11.2 Å². The van der Waals surface area contributed by atoms with Gasteiger partial charge in [0.25, 0.3) is 0 Å². The maximum absolute atomic E-state index is 5.97. The Hall–Kier alpha value is -0.990. The van der Waals surface area contributed by atoms with Crippen LogP contribution in [0.1, 0.15) is 16.8 Å². The third-order valence-electron chi connectivity index (χ3n) is 2.57. The van der Waals surface area contributed by atoms with Crippen molar-refractivity contribution >= 4 is 23.2 Å². The minimum atomic E-state index is 0.533. The van der Waals surface area contributed by atoms with E-state index >= 15 is 0 Å². The Kier molecular flexibility index (Phi) is 3.22. The van der Waals surface area contributed by atoms with Gasteiger partial charge in [-0.05, 0) is 37.1 Å². The SMILES string of the molecule is Cc1cc(-n2cc(Cl)c(C)n2)ccc1CCl. The molecule has 1 heterocycles. The molecule has 0 bridgehead atoms. The lowest BCUT2D eigenvalue weighted by Gasteiger charge is -2.06. The Morgan fingerprint density at radius 3 is 2.56 bits per heavy atom. The minimum absolute atomic E-state index is 0.533. The Bertz CT molecular complexity index is 498. The van der Waals surface area contributed by atoms with E-state index in [4.69, 9.17) is 23.2 Å². The van der Waals surface area contributed by atoms with Crippen LogP contribution in [-0.2, 0) is 5.88 Å². The van der Waals surface area contributed by atoms with Gasteiger partial charge in [-0.2, -0.15) is 5.10 Å². The van der Waals surface area contributed by atoms with Gasteiger partial charge < -0.3 is 0 Å². The minimum Gasteiger partial charge on any atom is -0.239 e. The third-order valence-corrected chi connectivity index (χ3v) is 3.23. The first kappa shape index (κ1) is 11.5. The second-order valence-electron chi connectivity index (χ2n) is 3.75. The van der Waals surface area contributed by atoms with Crippen molar-refractivity contribution in [2.24, 2.45) is 0 Å². The molecule has 2 nitrogen and oxygen atoms in total. The number of hydrogen-bond donors (Lipinski definition) is 0. The molecule has 0 radical (unpaired) electrons. The third kappa shape index (κ3) is 2.08. The Morgan fingerprint density at radius 1 is 1.31 bits per heavy atom. The number of aromatic nitrogens is 2. The number of hydrogen-bond acceptors (Lipinski definition) is 1. The lowest BCUT2D eigenvalue weighted by Crippen LogP contribution is -1.96. The molecule has 2 aromatic rings. The molecule has 0 N–H and O–H groups in total. The topological polar surface area (TPSA) is 17.8 Å². The van der Waals surface area contributed by atoms with Crippen LogP contribution < -0.4 is 0 Å². The zero-order valence-corrected chi connectivity index (χ0v) is 10.7. The van der Waals surface area contributed by atoms with Gasteiger partial charge in [0.05, 0.1) is 16.4 Å². The van der Waals surface area contributed by atoms with Gasteiger partial charge in [0, 0.05) is 12.1 Å². The van der Waals surface area contributed by atoms with Crippen LogP contribution in [0.2, 0.25) is 5.02 Å². The summed E-state index contributed by atoms with van der Waals surface area (Å²) in [5.74, 6) is 0.533. The van der Waals surface area contributed by atoms with E-state index in [1.807, 2.05) is 32.2 Å². The molecule has 16 heavy (non-hydrogen) atoms. The van der Waals surface area contributed by atoms with Crippen LogP contribution in [0.5, 0.6) is 0 Å². The van der Waals surface area contributed by atoms with Crippen molar-refractivity contribution in [1.29, 1.82) is 0 Å². The molecule has 1 aromatic carbocycles. The lowest BCUT2D eigenvalue weighted by atomic mass is 10.1. The summed E-state index contributed by atoms with van der Waals surface area (Å²) >= 11 is 11.8. The zero-order chi connectivity index (χ0) is 11.7. The fourth-order valence-corrected chi connectivity index (χ4v) is 1.97. The lowest BCUT2D eigenvalue weighted by molar-refractivity contribution is 0.860. The fourth-order valence-electron chi connectivity index (χ4n) is 1.54. The Morgan fingerprint density at radius 2 is 2.06 bits per heavy atom. The second-order valence-corrected chi connectivity index (χ2v) is 4.43. The average molecular weight is 255 g/mol. The van der Waals surface area contributed by atoms with E-state index in [9.17, 15) is 0 Å². The summed E-state index contributed by atoms with van der Waals surface area (Å²) in [7, 11) is 0. The first-order valence-corrected chi connectivity index (χ1v) is 5.90. The number of nitrogens with zero attached hydrogens (tertiary/aromatic N) is 2. The van der Waals surface area contributed by atoms with Crippen LogP contribution in [0.3, 0.4) is 0 Å². The summed E-state index contributed by atoms with van der Waals surface area (Å²) in [6, 6.07) is 6.07. The van der Waals surface area contributed by atoms with E-state index in [0.717, 1.165) is 22.5 Å². The van der Waals surface area contributed by atoms with E-state index in [1.165, 1.54) is 0 Å². The molecule has 0 amide bonds. The number of aryl methyl sites for hydroxylation is 2. The van der Waals surface area contributed by atoms with E-state index in [0.29, 0.717) is 10.9 Å². The summed E-state index contributed by atoms with van der Waals surface area (Å²) in [5, 5.41) is 5.01. The van der Waals surface area contributed by atoms with Gasteiger partial charge in [0.15, 0.2) is 0 Å². The highest BCUT2D eigenvalue weighted by atomic mass is 35.5. The number of alkyl halides is 1. The number of rotatable bonds is 2. The van der Waals surface area contributed by atoms with Gasteiger partial charge in [-0.25, -0.2) is 4.68 Å². The van der Waals surface area contributed by atoms with Crippen molar-refractivity contribution in [2.45, 2.75) is 19.7 Å². The fraction of sp³-hybridized carbons (Fsp3) is 0.250. The average Bonchev–Trinajstić information content (AvgIpc) is 2.59. The molecule has 0 aliphatic rings. The van der Waals surface area contributed by atoms with E-state index < -0.39 is 0 Å². The van der Waals surface area contributed by atoms with Crippen molar-refractivity contribution in [3.8, 4) is 5.69 Å². The van der Waals surface area contributed by atoms with Crippen molar-refractivity contribution in [2.75, 3.05) is 0 Å². The van der Waals surface area contributed by atoms with Crippen molar-refractivity contribution < 1.29 is 0 Å². The molecule has 1 aromatic heterocycles. The van der Waals surface area contributed by atoms with Crippen molar-refractivity contribution in [3.63, 3.8) is 0 Å². The summed E-state index contributed by atoms with van der Waals surface area (Å²) in [6.07, 6.45) is 1.81. The van der Waals surface area contributed by atoms with E-state index in [-0.39, 0.29) is 0 Å². The molecule has 0 saturated heterocycles. The Balaban J connectivity index is 2.45. The van der Waals surface area contributed by atoms with Crippen LogP contribution in [-0.4, -0.2) is 9.78 Å². The summed E-state index contributed by atoms with van der Waals surface area (Å²) in [4.78, 5) is 0. The van der Waals surface area contributed by atoms with Gasteiger partial charge in [-0.15, -0.1) is 11.6 Å². The van der Waals surface area contributed by atoms with Crippen molar-refractivity contribution in [1.82, 2.24) is 9.78 Å². The highest BCUT2D eigenvalue weighted by molar-refractivity contribution is 6.31. The predicted molar refractivity (Wildman–Crippen MR) is 67.6 cm³/mol. The largest absolute Gasteiger partial charge is 0.239 e. The molecule has 0 unspecified atom stereocenters. The summed E-state index contributed by atoms with van der Waals surface area (Å²) in [5.41, 5.74) is 4.14. The van der Waals surface area contributed by atoms with Crippen LogP contribution in [0, 0.1) is 13.8 Å². The zero-order valence-electron chi connectivity index (χ0n) is 9.17. The molecule has 2 rings (SSSR count). The number of benzene rings is 1. The highest BCUT2D eigenvalue weighted by Crippen LogP contribution is 2.19. The maximum Gasteiger partial charge on any atom is 0.0819 e. The standard InChI is InChI=1S/C12H12Cl2N2/c1-8-5-11(4-3-10(8)6-13)16-7-12(14)9(2)15-16/h3-5,7H,6H2,1-2H3. The molecule has 84 valence electrons. The monoisotopic (exact) mass is 254 g/mol. The second kappa shape index (κ2) is 4.48. The van der Waals surface area contributed by atoms with Gasteiger partial charge in [0.1, 0.15) is 0 Å². The molecule has 0 fully saturated rings. The molecule has 0 spiro atoms. The van der Waals surface area contributed by atoms with Crippen LogP contribution >= 0.6 is 23.2 Å². The molecule has 4 heteroatoms. The quantitative estimate of drug-likeness (QED) is 0.744. The van der Waals surface area contributed by atoms with Crippen LogP contribution in [0.4, 0.5) is 0 Å². The van der Waals surface area contributed by atoms with Crippen LogP contribution in [0.15, 0.2) is 24.4 Å². The molecule has 0 aliphatic heterocycles. The van der Waals surface area contributed by atoms with Gasteiger partial charge >= 0.3 is 0 Å². The highest BCUT2D eigenvalue weighted by Gasteiger charge is 2.05. The van der Waals surface area contributed by atoms with Gasteiger partial charge in [-0.1, -0.05) is 17.7 Å². The maximum atomic E-state index is 5.97. The summed E-state index contributed by atoms with van der Waals surface area (Å²) < 4.78 is 1.78. The first-order chi connectivity index (χ1) is 7.61. The smallest absolute Gasteiger partial charge is 0.0819 e. The Labute approximate surface area is 105 Å². The predicted octanol–water partition coefficient (Wildman–Crippen LogP) is 3.88. The number of halogens is 2. The molecule has 0 atom stereocenters. The van der Waals surface area contributed by atoms with Gasteiger partial charge in [0.2, 0.25) is 0 Å². The summed E-state index contributed by atoms with van der Waals surface area (Å²) in [6.45, 7) is 3.93.